The average molecular weight is 292 g/mol. The molecule has 1 aromatic heterocycles. The number of likely N-dealkylation sites (tertiary alicyclic amines) is 1. The molecule has 1 nitrogen and oxygen atoms in total. The van der Waals surface area contributed by atoms with E-state index in [0.717, 1.165) is 18.1 Å². The van der Waals surface area contributed by atoms with Crippen molar-refractivity contribution in [3.63, 3.8) is 0 Å². The van der Waals surface area contributed by atoms with Crippen molar-refractivity contribution in [3.8, 4) is 0 Å². The Morgan fingerprint density at radius 2 is 2.26 bits per heavy atom. The molecule has 100 valence electrons. The molecule has 0 spiro atoms. The number of benzene rings is 1. The van der Waals surface area contributed by atoms with Crippen molar-refractivity contribution in [1.29, 1.82) is 0 Å². The normalized spacial score (nSPS) is 20.0. The largest absolute Gasteiger partial charge is 0.298 e. The summed E-state index contributed by atoms with van der Waals surface area (Å²) in [6.45, 7) is 5.38. The number of hydrogen-bond acceptors (Lipinski definition) is 2. The Morgan fingerprint density at radius 1 is 1.37 bits per heavy atom. The van der Waals surface area contributed by atoms with Gasteiger partial charge in [-0.1, -0.05) is 23.7 Å². The van der Waals surface area contributed by atoms with Gasteiger partial charge in [0.05, 0.1) is 0 Å². The lowest BCUT2D eigenvalue weighted by molar-refractivity contribution is 0.327. The predicted molar refractivity (Wildman–Crippen MR) is 83.1 cm³/mol. The van der Waals surface area contributed by atoms with Crippen molar-refractivity contribution in [1.82, 2.24) is 4.90 Å². The van der Waals surface area contributed by atoms with Crippen LogP contribution in [0.4, 0.5) is 0 Å². The van der Waals surface area contributed by atoms with Crippen LogP contribution in [0.3, 0.4) is 0 Å². The Labute approximate surface area is 123 Å². The molecule has 1 aromatic carbocycles. The van der Waals surface area contributed by atoms with Crippen molar-refractivity contribution in [3.05, 3.63) is 56.7 Å². The number of aryl methyl sites for hydroxylation is 1. The van der Waals surface area contributed by atoms with E-state index in [1.807, 2.05) is 0 Å². The van der Waals surface area contributed by atoms with Crippen LogP contribution in [0.15, 0.2) is 35.0 Å². The summed E-state index contributed by atoms with van der Waals surface area (Å²) >= 11 is 8.11. The monoisotopic (exact) mass is 291 g/mol. The van der Waals surface area contributed by atoms with Crippen LogP contribution in [-0.4, -0.2) is 18.0 Å². The van der Waals surface area contributed by atoms with Gasteiger partial charge in [0.25, 0.3) is 0 Å². The van der Waals surface area contributed by atoms with Crippen LogP contribution < -0.4 is 0 Å². The van der Waals surface area contributed by atoms with E-state index >= 15 is 0 Å². The van der Waals surface area contributed by atoms with E-state index in [1.165, 1.54) is 29.7 Å². The summed E-state index contributed by atoms with van der Waals surface area (Å²) in [5.41, 5.74) is 3.98. The minimum Gasteiger partial charge on any atom is -0.298 e. The molecule has 2 heterocycles. The zero-order valence-corrected chi connectivity index (χ0v) is 12.7. The van der Waals surface area contributed by atoms with E-state index in [0.29, 0.717) is 5.92 Å². The van der Waals surface area contributed by atoms with E-state index in [1.54, 1.807) is 11.3 Å². The van der Waals surface area contributed by atoms with E-state index < -0.39 is 0 Å². The second-order valence-electron chi connectivity index (χ2n) is 5.37. The van der Waals surface area contributed by atoms with Gasteiger partial charge in [0, 0.05) is 18.1 Å². The third kappa shape index (κ3) is 3.02. The third-order valence-electron chi connectivity index (χ3n) is 3.89. The molecule has 1 aliphatic rings. The van der Waals surface area contributed by atoms with Crippen LogP contribution >= 0.6 is 22.9 Å². The highest BCUT2D eigenvalue weighted by molar-refractivity contribution is 7.07. The van der Waals surface area contributed by atoms with Gasteiger partial charge in [-0.2, -0.15) is 11.3 Å². The Hall–Kier alpha value is -0.830. The van der Waals surface area contributed by atoms with Crippen LogP contribution in [0.2, 0.25) is 5.02 Å². The SMILES string of the molecule is Cc1ccc(CN2CC[C@@H](c3ccsc3)C2)c(Cl)c1. The van der Waals surface area contributed by atoms with Gasteiger partial charge < -0.3 is 0 Å². The molecule has 0 saturated carbocycles. The lowest BCUT2D eigenvalue weighted by Crippen LogP contribution is -2.19. The zero-order valence-electron chi connectivity index (χ0n) is 11.1. The highest BCUT2D eigenvalue weighted by atomic mass is 35.5. The maximum atomic E-state index is 6.32. The molecule has 1 aliphatic heterocycles. The highest BCUT2D eigenvalue weighted by Crippen LogP contribution is 2.30. The Kier molecular flexibility index (Phi) is 3.92. The van der Waals surface area contributed by atoms with Crippen LogP contribution in [0.1, 0.15) is 29.0 Å². The minimum absolute atomic E-state index is 0.704. The van der Waals surface area contributed by atoms with E-state index in [4.69, 9.17) is 11.6 Å². The highest BCUT2D eigenvalue weighted by Gasteiger charge is 2.24. The maximum absolute atomic E-state index is 6.32. The molecule has 0 amide bonds. The van der Waals surface area contributed by atoms with Crippen LogP contribution in [0.25, 0.3) is 0 Å². The molecule has 3 heteroatoms. The van der Waals surface area contributed by atoms with Crippen molar-refractivity contribution >= 4 is 22.9 Å². The van der Waals surface area contributed by atoms with Gasteiger partial charge in [-0.15, -0.1) is 0 Å². The van der Waals surface area contributed by atoms with Gasteiger partial charge in [0.2, 0.25) is 0 Å². The van der Waals surface area contributed by atoms with Crippen molar-refractivity contribution in [2.45, 2.75) is 25.8 Å². The molecule has 1 fully saturated rings. The molecular weight excluding hydrogens is 274 g/mol. The summed E-state index contributed by atoms with van der Waals surface area (Å²) in [5, 5.41) is 5.36. The fourth-order valence-corrected chi connectivity index (χ4v) is 3.81. The van der Waals surface area contributed by atoms with Gasteiger partial charge >= 0.3 is 0 Å². The molecule has 0 aliphatic carbocycles. The van der Waals surface area contributed by atoms with Crippen molar-refractivity contribution in [2.24, 2.45) is 0 Å². The van der Waals surface area contributed by atoms with Gasteiger partial charge in [-0.25, -0.2) is 0 Å². The summed E-state index contributed by atoms with van der Waals surface area (Å²) in [4.78, 5) is 2.51. The second-order valence-corrected chi connectivity index (χ2v) is 6.56. The summed E-state index contributed by atoms with van der Waals surface area (Å²) in [5.74, 6) is 0.704. The molecule has 1 atom stereocenters. The first-order valence-corrected chi connectivity index (χ1v) is 8.04. The molecule has 19 heavy (non-hydrogen) atoms. The number of halogens is 1. The van der Waals surface area contributed by atoms with E-state index in [2.05, 4.69) is 46.8 Å². The molecule has 2 aromatic rings. The van der Waals surface area contributed by atoms with Crippen molar-refractivity contribution in [2.75, 3.05) is 13.1 Å². The zero-order chi connectivity index (χ0) is 13.2. The van der Waals surface area contributed by atoms with Gasteiger partial charge in [-0.05, 0) is 65.4 Å². The number of hydrogen-bond donors (Lipinski definition) is 0. The number of nitrogens with zero attached hydrogens (tertiary/aromatic N) is 1. The topological polar surface area (TPSA) is 3.24 Å². The van der Waals surface area contributed by atoms with Crippen LogP contribution in [-0.2, 0) is 6.54 Å². The lowest BCUT2D eigenvalue weighted by atomic mass is 10.0. The Balaban J connectivity index is 1.65. The molecule has 0 unspecified atom stereocenters. The standard InChI is InChI=1S/C16H18ClNS/c1-12-2-3-14(16(17)8-12)10-18-6-4-13(9-18)15-5-7-19-11-15/h2-3,5,7-8,11,13H,4,6,9-10H2,1H3/t13-/m1/s1. The summed E-state index contributed by atoms with van der Waals surface area (Å²) < 4.78 is 0. The predicted octanol–water partition coefficient (Wildman–Crippen LogP) is 4.70. The third-order valence-corrected chi connectivity index (χ3v) is 4.94. The molecule has 0 radical (unpaired) electrons. The quantitative estimate of drug-likeness (QED) is 0.792. The molecule has 0 N–H and O–H groups in total. The van der Waals surface area contributed by atoms with Gasteiger partial charge in [0.15, 0.2) is 0 Å². The molecule has 1 saturated heterocycles. The lowest BCUT2D eigenvalue weighted by Gasteiger charge is -2.17. The van der Waals surface area contributed by atoms with E-state index in [9.17, 15) is 0 Å². The molecule has 3 rings (SSSR count). The summed E-state index contributed by atoms with van der Waals surface area (Å²) in [6, 6.07) is 8.63. The minimum atomic E-state index is 0.704. The average Bonchev–Trinajstić information content (AvgIpc) is 3.03. The van der Waals surface area contributed by atoms with Gasteiger partial charge in [-0.3, -0.25) is 4.90 Å². The first-order chi connectivity index (χ1) is 9.22. The fraction of sp³-hybridized carbons (Fsp3) is 0.375. The van der Waals surface area contributed by atoms with Crippen molar-refractivity contribution < 1.29 is 0 Å². The smallest absolute Gasteiger partial charge is 0.0453 e. The number of rotatable bonds is 3. The molecule has 0 bridgehead atoms. The molecular formula is C16H18ClNS. The summed E-state index contributed by atoms with van der Waals surface area (Å²) in [6.07, 6.45) is 1.26. The Bertz CT molecular complexity index is 550. The maximum Gasteiger partial charge on any atom is 0.0453 e. The summed E-state index contributed by atoms with van der Waals surface area (Å²) in [7, 11) is 0. The van der Waals surface area contributed by atoms with Crippen LogP contribution in [0, 0.1) is 6.92 Å². The Morgan fingerprint density at radius 3 is 3.00 bits per heavy atom. The van der Waals surface area contributed by atoms with E-state index in [-0.39, 0.29) is 0 Å². The fourth-order valence-electron chi connectivity index (χ4n) is 2.78. The first kappa shape index (κ1) is 13.2. The van der Waals surface area contributed by atoms with Gasteiger partial charge in [0.1, 0.15) is 0 Å². The number of thiophene rings is 1. The first-order valence-electron chi connectivity index (χ1n) is 6.72. The van der Waals surface area contributed by atoms with Crippen LogP contribution in [0.5, 0.6) is 0 Å². The second kappa shape index (κ2) is 5.66.